The van der Waals surface area contributed by atoms with Crippen LogP contribution in [-0.2, 0) is 0 Å². The van der Waals surface area contributed by atoms with Crippen molar-refractivity contribution in [1.29, 1.82) is 0 Å². The minimum Gasteiger partial charge on any atom is -0.346 e. The largest absolute Gasteiger partial charge is 0.346 e. The third-order valence-electron chi connectivity index (χ3n) is 4.49. The lowest BCUT2D eigenvalue weighted by Gasteiger charge is -2.34. The lowest BCUT2D eigenvalue weighted by atomic mass is 10.3. The Morgan fingerprint density at radius 3 is 2.76 bits per heavy atom. The van der Waals surface area contributed by atoms with Gasteiger partial charge in [-0.05, 0) is 38.6 Å². The molecule has 1 unspecified atom stereocenters. The summed E-state index contributed by atoms with van der Waals surface area (Å²) < 4.78 is 0. The van der Waals surface area contributed by atoms with Gasteiger partial charge in [-0.1, -0.05) is 6.92 Å². The molecule has 1 aliphatic heterocycles. The second-order valence-electron chi connectivity index (χ2n) is 6.45. The molecule has 1 N–H and O–H groups in total. The molecule has 0 radical (unpaired) electrons. The zero-order chi connectivity index (χ0) is 14.7. The van der Waals surface area contributed by atoms with E-state index in [4.69, 9.17) is 0 Å². The van der Waals surface area contributed by atoms with E-state index in [0.717, 1.165) is 25.6 Å². The Labute approximate surface area is 132 Å². The van der Waals surface area contributed by atoms with E-state index in [0.29, 0.717) is 6.04 Å². The fraction of sp³-hybridized carbons (Fsp3) is 0.812. The van der Waals surface area contributed by atoms with Gasteiger partial charge in [-0.15, -0.1) is 11.3 Å². The van der Waals surface area contributed by atoms with Gasteiger partial charge in [-0.25, -0.2) is 4.98 Å². The average Bonchev–Trinajstić information content (AvgIpc) is 3.18. The summed E-state index contributed by atoms with van der Waals surface area (Å²) in [5.41, 5.74) is 0. The molecule has 1 aliphatic carbocycles. The normalized spacial score (nSPS) is 21.7. The second kappa shape index (κ2) is 7.07. The summed E-state index contributed by atoms with van der Waals surface area (Å²) in [6.45, 7) is 11.5. The molecule has 1 saturated heterocycles. The summed E-state index contributed by atoms with van der Waals surface area (Å²) in [5, 5.41) is 4.75. The number of anilines is 1. The predicted octanol–water partition coefficient (Wildman–Crippen LogP) is 2.74. The summed E-state index contributed by atoms with van der Waals surface area (Å²) in [5.74, 6) is 1.01. The van der Waals surface area contributed by atoms with Crippen molar-refractivity contribution in [3.63, 3.8) is 0 Å². The molecular weight excluding hydrogens is 280 g/mol. The summed E-state index contributed by atoms with van der Waals surface area (Å²) in [6, 6.07) is 0.423. The lowest BCUT2D eigenvalue weighted by molar-refractivity contribution is 0.248. The standard InChI is InChI=1S/C16H28N4S/c1-3-6-17-13(2)15-11-18-16(21-15)20-9-7-19(8-10-20)12-14-4-5-14/h11,13-14,17H,3-10,12H2,1-2H3. The van der Waals surface area contributed by atoms with Gasteiger partial charge in [-0.2, -0.15) is 0 Å². The van der Waals surface area contributed by atoms with Crippen LogP contribution >= 0.6 is 11.3 Å². The molecule has 1 saturated carbocycles. The quantitative estimate of drug-likeness (QED) is 0.839. The van der Waals surface area contributed by atoms with Crippen LogP contribution in [0.1, 0.15) is 44.0 Å². The minimum atomic E-state index is 0.423. The molecule has 1 aromatic rings. The third-order valence-corrected chi connectivity index (χ3v) is 5.74. The SMILES string of the molecule is CCCNC(C)c1cnc(N2CCN(CC3CC3)CC2)s1. The molecule has 3 rings (SSSR count). The van der Waals surface area contributed by atoms with Gasteiger partial charge in [0.25, 0.3) is 0 Å². The summed E-state index contributed by atoms with van der Waals surface area (Å²) >= 11 is 1.86. The molecule has 0 amide bonds. The highest BCUT2D eigenvalue weighted by Gasteiger charge is 2.27. The van der Waals surface area contributed by atoms with Gasteiger partial charge in [0.15, 0.2) is 5.13 Å². The molecule has 118 valence electrons. The smallest absolute Gasteiger partial charge is 0.185 e. The maximum absolute atomic E-state index is 4.65. The molecule has 0 aromatic carbocycles. The first-order valence-corrected chi connectivity index (χ1v) is 9.24. The summed E-state index contributed by atoms with van der Waals surface area (Å²) in [4.78, 5) is 11.1. The van der Waals surface area contributed by atoms with Crippen molar-refractivity contribution >= 4 is 16.5 Å². The Morgan fingerprint density at radius 2 is 2.10 bits per heavy atom. The van der Waals surface area contributed by atoms with Gasteiger partial charge in [0.05, 0.1) is 0 Å². The van der Waals surface area contributed by atoms with Crippen LogP contribution < -0.4 is 10.2 Å². The monoisotopic (exact) mass is 308 g/mol. The van der Waals surface area contributed by atoms with Crippen molar-refractivity contribution in [3.8, 4) is 0 Å². The van der Waals surface area contributed by atoms with Crippen LogP contribution in [0.3, 0.4) is 0 Å². The Kier molecular flexibility index (Phi) is 5.14. The molecule has 2 aliphatic rings. The van der Waals surface area contributed by atoms with Crippen molar-refractivity contribution in [2.75, 3.05) is 44.2 Å². The number of hydrogen-bond acceptors (Lipinski definition) is 5. The molecule has 0 bridgehead atoms. The Hall–Kier alpha value is -0.650. The fourth-order valence-electron chi connectivity index (χ4n) is 2.87. The Bertz CT molecular complexity index is 435. The van der Waals surface area contributed by atoms with E-state index in [9.17, 15) is 0 Å². The first kappa shape index (κ1) is 15.3. The topological polar surface area (TPSA) is 31.4 Å². The van der Waals surface area contributed by atoms with E-state index in [2.05, 4.69) is 40.1 Å². The molecule has 0 spiro atoms. The van der Waals surface area contributed by atoms with Crippen molar-refractivity contribution in [1.82, 2.24) is 15.2 Å². The number of thiazole rings is 1. The van der Waals surface area contributed by atoms with E-state index < -0.39 is 0 Å². The van der Waals surface area contributed by atoms with Crippen LogP contribution in [-0.4, -0.2) is 49.2 Å². The third kappa shape index (κ3) is 4.18. The summed E-state index contributed by atoms with van der Waals surface area (Å²) in [6.07, 6.45) is 6.15. The van der Waals surface area contributed by atoms with Crippen molar-refractivity contribution in [3.05, 3.63) is 11.1 Å². The highest BCUT2D eigenvalue weighted by atomic mass is 32.1. The van der Waals surface area contributed by atoms with Crippen LogP contribution in [0.5, 0.6) is 0 Å². The van der Waals surface area contributed by atoms with Gasteiger partial charge in [-0.3, -0.25) is 4.90 Å². The van der Waals surface area contributed by atoms with Gasteiger partial charge in [0.1, 0.15) is 0 Å². The second-order valence-corrected chi connectivity index (χ2v) is 7.49. The van der Waals surface area contributed by atoms with Crippen molar-refractivity contribution < 1.29 is 0 Å². The maximum atomic E-state index is 4.65. The van der Waals surface area contributed by atoms with Crippen LogP contribution in [0.25, 0.3) is 0 Å². The zero-order valence-electron chi connectivity index (χ0n) is 13.3. The molecule has 1 aromatic heterocycles. The molecule has 4 nitrogen and oxygen atoms in total. The molecule has 2 heterocycles. The number of nitrogens with zero attached hydrogens (tertiary/aromatic N) is 3. The van der Waals surface area contributed by atoms with E-state index in [-0.39, 0.29) is 0 Å². The number of piperazine rings is 1. The predicted molar refractivity (Wildman–Crippen MR) is 90.2 cm³/mol. The van der Waals surface area contributed by atoms with Crippen LogP contribution in [0, 0.1) is 5.92 Å². The Balaban J connectivity index is 1.49. The fourth-order valence-corrected chi connectivity index (χ4v) is 3.87. The van der Waals surface area contributed by atoms with Crippen molar-refractivity contribution in [2.45, 2.75) is 39.2 Å². The van der Waals surface area contributed by atoms with E-state index in [1.807, 2.05) is 11.3 Å². The zero-order valence-corrected chi connectivity index (χ0v) is 14.2. The van der Waals surface area contributed by atoms with Gasteiger partial charge in [0.2, 0.25) is 0 Å². The van der Waals surface area contributed by atoms with Crippen LogP contribution in [0.15, 0.2) is 6.20 Å². The highest BCUT2D eigenvalue weighted by Crippen LogP contribution is 2.31. The van der Waals surface area contributed by atoms with Gasteiger partial charge in [0, 0.05) is 49.8 Å². The van der Waals surface area contributed by atoms with E-state index in [1.54, 1.807) is 0 Å². The van der Waals surface area contributed by atoms with Gasteiger partial charge < -0.3 is 10.2 Å². The van der Waals surface area contributed by atoms with Gasteiger partial charge >= 0.3 is 0 Å². The van der Waals surface area contributed by atoms with E-state index >= 15 is 0 Å². The first-order chi connectivity index (χ1) is 10.3. The first-order valence-electron chi connectivity index (χ1n) is 8.42. The van der Waals surface area contributed by atoms with Crippen molar-refractivity contribution in [2.24, 2.45) is 5.92 Å². The van der Waals surface area contributed by atoms with Crippen LogP contribution in [0.2, 0.25) is 0 Å². The number of rotatable bonds is 7. The maximum Gasteiger partial charge on any atom is 0.185 e. The van der Waals surface area contributed by atoms with E-state index in [1.165, 1.54) is 48.9 Å². The lowest BCUT2D eigenvalue weighted by Crippen LogP contribution is -2.47. The molecule has 5 heteroatoms. The highest BCUT2D eigenvalue weighted by molar-refractivity contribution is 7.15. The number of aromatic nitrogens is 1. The minimum absolute atomic E-state index is 0.423. The van der Waals surface area contributed by atoms with Crippen LogP contribution in [0.4, 0.5) is 5.13 Å². The Morgan fingerprint density at radius 1 is 1.33 bits per heavy atom. The molecule has 21 heavy (non-hydrogen) atoms. The number of nitrogens with one attached hydrogen (secondary N) is 1. The molecule has 2 fully saturated rings. The summed E-state index contributed by atoms with van der Waals surface area (Å²) in [7, 11) is 0. The average molecular weight is 308 g/mol. The molecule has 1 atom stereocenters. The molecular formula is C16H28N4S. The number of hydrogen-bond donors (Lipinski definition) is 1.